The second-order valence-electron chi connectivity index (χ2n) is 7.63. The van der Waals surface area contributed by atoms with Crippen LogP contribution in [0.1, 0.15) is 36.0 Å². The highest BCUT2D eigenvalue weighted by molar-refractivity contribution is 7.90. The van der Waals surface area contributed by atoms with Crippen molar-refractivity contribution in [2.75, 3.05) is 0 Å². The second-order valence-corrected chi connectivity index (χ2v) is 9.31. The fourth-order valence-corrected chi connectivity index (χ4v) is 4.92. The minimum atomic E-state index is -3.95. The van der Waals surface area contributed by atoms with Gasteiger partial charge in [-0.2, -0.15) is 0 Å². The highest BCUT2D eigenvalue weighted by atomic mass is 32.2. The van der Waals surface area contributed by atoms with Crippen LogP contribution in [0.25, 0.3) is 10.9 Å². The van der Waals surface area contributed by atoms with Gasteiger partial charge in [-0.1, -0.05) is 18.2 Å². The first kappa shape index (κ1) is 20.3. The lowest BCUT2D eigenvalue weighted by atomic mass is 9.92. The van der Waals surface area contributed by atoms with E-state index in [9.17, 15) is 18.0 Å². The number of aryl methyl sites for hydroxylation is 4. The third-order valence-corrected chi connectivity index (χ3v) is 6.88. The van der Waals surface area contributed by atoms with Crippen LogP contribution in [0.2, 0.25) is 0 Å². The average molecular weight is 426 g/mol. The molecule has 0 atom stereocenters. The number of hydrogen-bond acceptors (Lipinski definition) is 5. The standard InChI is InChI=1S/C22H23N3O4S/c1-15-5-4-8-19-21(15)23-14-25(22(19)27)12-11-20(26)24-30(28,29)18-10-9-16-6-2-3-7-17(16)13-18/h4-5,8-10,13-14H,2-3,6-7,11-12H2,1H3,(H,24,26). The molecule has 1 aliphatic carbocycles. The zero-order valence-electron chi connectivity index (χ0n) is 16.7. The van der Waals surface area contributed by atoms with Gasteiger partial charge in [0.05, 0.1) is 22.1 Å². The fraction of sp³-hybridized carbons (Fsp3) is 0.318. The Bertz CT molecular complexity index is 1300. The van der Waals surface area contributed by atoms with Gasteiger partial charge in [0.15, 0.2) is 0 Å². The summed E-state index contributed by atoms with van der Waals surface area (Å²) < 4.78 is 28.7. The summed E-state index contributed by atoms with van der Waals surface area (Å²) in [6.07, 6.45) is 5.20. The number of carbonyl (C=O) groups is 1. The summed E-state index contributed by atoms with van der Waals surface area (Å²) in [5, 5.41) is 0.472. The van der Waals surface area contributed by atoms with Crippen molar-refractivity contribution in [3.8, 4) is 0 Å². The highest BCUT2D eigenvalue weighted by Gasteiger charge is 2.20. The predicted octanol–water partition coefficient (Wildman–Crippen LogP) is 2.48. The van der Waals surface area contributed by atoms with Crippen molar-refractivity contribution in [1.82, 2.24) is 14.3 Å². The average Bonchev–Trinajstić information content (AvgIpc) is 2.73. The third-order valence-electron chi connectivity index (χ3n) is 5.51. The molecule has 0 saturated carbocycles. The number of fused-ring (bicyclic) bond motifs is 2. The molecule has 156 valence electrons. The molecule has 0 unspecified atom stereocenters. The molecule has 0 aliphatic heterocycles. The van der Waals surface area contributed by atoms with Gasteiger partial charge < -0.3 is 0 Å². The summed E-state index contributed by atoms with van der Waals surface area (Å²) in [7, 11) is -3.95. The van der Waals surface area contributed by atoms with Gasteiger partial charge in [-0.25, -0.2) is 18.1 Å². The number of rotatable bonds is 5. The smallest absolute Gasteiger partial charge is 0.264 e. The lowest BCUT2D eigenvalue weighted by Gasteiger charge is -2.16. The number of amides is 1. The molecule has 0 bridgehead atoms. The number of nitrogens with one attached hydrogen (secondary N) is 1. The molecular formula is C22H23N3O4S. The number of benzene rings is 2. The van der Waals surface area contributed by atoms with Crippen molar-refractivity contribution in [3.05, 3.63) is 69.8 Å². The summed E-state index contributed by atoms with van der Waals surface area (Å²) in [5.41, 5.74) is 3.46. The molecule has 7 nitrogen and oxygen atoms in total. The number of hydrogen-bond donors (Lipinski definition) is 1. The first-order chi connectivity index (χ1) is 14.3. The van der Waals surface area contributed by atoms with Crippen LogP contribution >= 0.6 is 0 Å². The van der Waals surface area contributed by atoms with E-state index in [0.29, 0.717) is 10.9 Å². The lowest BCUT2D eigenvalue weighted by molar-refractivity contribution is -0.119. The zero-order valence-corrected chi connectivity index (χ0v) is 17.5. The quantitative estimate of drug-likeness (QED) is 0.677. The highest BCUT2D eigenvalue weighted by Crippen LogP contribution is 2.24. The number of nitrogens with zero attached hydrogens (tertiary/aromatic N) is 2. The molecule has 0 fully saturated rings. The molecule has 0 saturated heterocycles. The summed E-state index contributed by atoms with van der Waals surface area (Å²) in [6.45, 7) is 1.92. The van der Waals surface area contributed by atoms with Crippen LogP contribution in [-0.2, 0) is 34.2 Å². The first-order valence-electron chi connectivity index (χ1n) is 9.97. The molecule has 4 rings (SSSR count). The monoisotopic (exact) mass is 425 g/mol. The minimum absolute atomic E-state index is 0.0429. The predicted molar refractivity (Wildman–Crippen MR) is 114 cm³/mol. The Morgan fingerprint density at radius 3 is 2.70 bits per heavy atom. The van der Waals surface area contributed by atoms with E-state index in [2.05, 4.69) is 9.71 Å². The van der Waals surface area contributed by atoms with Gasteiger partial charge in [0.1, 0.15) is 0 Å². The molecule has 0 radical (unpaired) electrons. The van der Waals surface area contributed by atoms with Crippen LogP contribution in [0.3, 0.4) is 0 Å². The van der Waals surface area contributed by atoms with E-state index < -0.39 is 15.9 Å². The number of carbonyl (C=O) groups excluding carboxylic acids is 1. The molecule has 1 aliphatic rings. The SMILES string of the molecule is Cc1cccc2c(=O)n(CCC(=O)NS(=O)(=O)c3ccc4c(c3)CCCC4)cnc12. The fourth-order valence-electron chi connectivity index (χ4n) is 3.86. The molecule has 1 amide bonds. The molecule has 2 aromatic carbocycles. The van der Waals surface area contributed by atoms with Gasteiger partial charge in [0, 0.05) is 13.0 Å². The van der Waals surface area contributed by atoms with E-state index in [4.69, 9.17) is 0 Å². The van der Waals surface area contributed by atoms with E-state index >= 15 is 0 Å². The van der Waals surface area contributed by atoms with Gasteiger partial charge in [0.25, 0.3) is 15.6 Å². The second kappa shape index (κ2) is 8.02. The van der Waals surface area contributed by atoms with Crippen molar-refractivity contribution in [1.29, 1.82) is 0 Å². The molecule has 30 heavy (non-hydrogen) atoms. The molecule has 1 heterocycles. The number of sulfonamides is 1. The van der Waals surface area contributed by atoms with Crippen LogP contribution in [-0.4, -0.2) is 23.9 Å². The maximum atomic E-state index is 12.6. The van der Waals surface area contributed by atoms with Gasteiger partial charge in [-0.3, -0.25) is 14.2 Å². The van der Waals surface area contributed by atoms with Crippen molar-refractivity contribution in [3.63, 3.8) is 0 Å². The van der Waals surface area contributed by atoms with E-state index in [1.165, 1.54) is 16.5 Å². The van der Waals surface area contributed by atoms with Gasteiger partial charge >= 0.3 is 0 Å². The van der Waals surface area contributed by atoms with Crippen molar-refractivity contribution in [2.24, 2.45) is 0 Å². The largest absolute Gasteiger partial charge is 0.298 e. The Kier molecular flexibility index (Phi) is 5.42. The lowest BCUT2D eigenvalue weighted by Crippen LogP contribution is -2.32. The van der Waals surface area contributed by atoms with Crippen molar-refractivity contribution >= 4 is 26.8 Å². The van der Waals surface area contributed by atoms with Gasteiger partial charge in [-0.05, 0) is 67.5 Å². The topological polar surface area (TPSA) is 98.1 Å². The number of aromatic nitrogens is 2. The van der Waals surface area contributed by atoms with Crippen LogP contribution in [0.4, 0.5) is 0 Å². The summed E-state index contributed by atoms with van der Waals surface area (Å²) in [4.78, 5) is 29.3. The van der Waals surface area contributed by atoms with E-state index in [-0.39, 0.29) is 23.4 Å². The summed E-state index contributed by atoms with van der Waals surface area (Å²) in [6, 6.07) is 10.4. The Hall–Kier alpha value is -3.00. The maximum absolute atomic E-state index is 12.6. The van der Waals surface area contributed by atoms with E-state index in [1.54, 1.807) is 24.3 Å². The molecule has 0 spiro atoms. The van der Waals surface area contributed by atoms with Crippen molar-refractivity contribution in [2.45, 2.75) is 50.5 Å². The van der Waals surface area contributed by atoms with Crippen LogP contribution in [0.15, 0.2) is 52.4 Å². The summed E-state index contributed by atoms with van der Waals surface area (Å²) >= 11 is 0. The normalized spacial score (nSPS) is 13.8. The summed E-state index contributed by atoms with van der Waals surface area (Å²) in [5.74, 6) is -0.663. The Morgan fingerprint density at radius 2 is 1.90 bits per heavy atom. The van der Waals surface area contributed by atoms with Gasteiger partial charge in [0.2, 0.25) is 5.91 Å². The van der Waals surface area contributed by atoms with E-state index in [0.717, 1.165) is 36.8 Å². The minimum Gasteiger partial charge on any atom is -0.298 e. The van der Waals surface area contributed by atoms with Crippen molar-refractivity contribution < 1.29 is 13.2 Å². The molecule has 8 heteroatoms. The molecule has 1 N–H and O–H groups in total. The maximum Gasteiger partial charge on any atom is 0.264 e. The Morgan fingerprint density at radius 1 is 1.13 bits per heavy atom. The third kappa shape index (κ3) is 4.00. The zero-order chi connectivity index (χ0) is 21.3. The number of para-hydroxylation sites is 1. The molecule has 3 aromatic rings. The first-order valence-corrected chi connectivity index (χ1v) is 11.5. The molecule has 1 aromatic heterocycles. The molecular weight excluding hydrogens is 402 g/mol. The van der Waals surface area contributed by atoms with Crippen LogP contribution < -0.4 is 10.3 Å². The van der Waals surface area contributed by atoms with Gasteiger partial charge in [-0.15, -0.1) is 0 Å². The Labute approximate surface area is 174 Å². The Balaban J connectivity index is 1.47. The van der Waals surface area contributed by atoms with E-state index in [1.807, 2.05) is 19.1 Å². The van der Waals surface area contributed by atoms with Crippen LogP contribution in [0, 0.1) is 6.92 Å². The van der Waals surface area contributed by atoms with Crippen LogP contribution in [0.5, 0.6) is 0 Å².